The van der Waals surface area contributed by atoms with Gasteiger partial charge < -0.3 is 0 Å². The molecule has 4 aromatic carbocycles. The zero-order valence-electron chi connectivity index (χ0n) is 15.3. The zero-order valence-corrected chi connectivity index (χ0v) is 16.9. The molecule has 28 heavy (non-hydrogen) atoms. The van der Waals surface area contributed by atoms with Crippen molar-refractivity contribution in [3.05, 3.63) is 143 Å². The quantitative estimate of drug-likeness (QED) is 0.251. The van der Waals surface area contributed by atoms with Crippen molar-refractivity contribution in [3.8, 4) is 10.8 Å². The van der Waals surface area contributed by atoms with Crippen LogP contribution in [0, 0.1) is 10.8 Å². The van der Waals surface area contributed by atoms with Gasteiger partial charge in [-0.2, -0.15) is 0 Å². The molecule has 0 heterocycles. The fourth-order valence-electron chi connectivity index (χ4n) is 4.00. The Morgan fingerprint density at radius 1 is 0.500 bits per heavy atom. The molecule has 0 bridgehead atoms. The monoisotopic (exact) mass is 422 g/mol. The highest BCUT2D eigenvalue weighted by Gasteiger charge is 2.39. The minimum Gasteiger partial charge on any atom is -0.0622 e. The van der Waals surface area contributed by atoms with Crippen LogP contribution in [0.5, 0.6) is 0 Å². The summed E-state index contributed by atoms with van der Waals surface area (Å²) in [4.78, 5) is 2.91. The van der Waals surface area contributed by atoms with Crippen LogP contribution >= 0.6 is 15.9 Å². The lowest BCUT2D eigenvalue weighted by Crippen LogP contribution is -2.31. The molecule has 0 saturated carbocycles. The molecular formula is C27H19Br. The molecule has 0 unspecified atom stereocenters. The molecule has 0 radical (unpaired) electrons. The first kappa shape index (κ1) is 18.3. The second kappa shape index (κ2) is 8.30. The third-order valence-corrected chi connectivity index (χ3v) is 5.33. The Kier molecular flexibility index (Phi) is 5.42. The molecule has 4 aromatic rings. The van der Waals surface area contributed by atoms with E-state index in [1.165, 1.54) is 22.3 Å². The molecule has 0 nitrogen and oxygen atoms in total. The Labute approximate surface area is 175 Å². The summed E-state index contributed by atoms with van der Waals surface area (Å²) in [5.74, 6) is 3.26. The van der Waals surface area contributed by atoms with Gasteiger partial charge in [0.1, 0.15) is 0 Å². The summed E-state index contributed by atoms with van der Waals surface area (Å²) in [6, 6.07) is 40.5. The van der Waals surface area contributed by atoms with Crippen molar-refractivity contribution in [3.63, 3.8) is 0 Å². The first-order valence-electron chi connectivity index (χ1n) is 9.25. The number of hydrogen-bond donors (Lipinski definition) is 0. The lowest BCUT2D eigenvalue weighted by molar-refractivity contribution is 0.743. The van der Waals surface area contributed by atoms with Crippen LogP contribution in [0.25, 0.3) is 0 Å². The first-order valence-corrected chi connectivity index (χ1v) is 10.0. The Hall–Kier alpha value is -3.08. The van der Waals surface area contributed by atoms with E-state index in [4.69, 9.17) is 0 Å². The van der Waals surface area contributed by atoms with Crippen molar-refractivity contribution in [2.45, 2.75) is 5.41 Å². The van der Waals surface area contributed by atoms with Crippen LogP contribution in [-0.4, -0.2) is 0 Å². The van der Waals surface area contributed by atoms with Gasteiger partial charge in [-0.1, -0.05) is 115 Å². The fraction of sp³-hybridized carbons (Fsp3) is 0.0370. The fourth-order valence-corrected chi connectivity index (χ4v) is 4.21. The van der Waals surface area contributed by atoms with Crippen LogP contribution in [0.15, 0.2) is 115 Å². The van der Waals surface area contributed by atoms with E-state index in [0.29, 0.717) is 0 Å². The van der Waals surface area contributed by atoms with Crippen molar-refractivity contribution in [1.82, 2.24) is 0 Å². The van der Waals surface area contributed by atoms with Crippen molar-refractivity contribution >= 4 is 15.9 Å². The molecule has 0 aliphatic rings. The van der Waals surface area contributed by atoms with Crippen molar-refractivity contribution in [2.75, 3.05) is 0 Å². The molecule has 0 aliphatic carbocycles. The summed E-state index contributed by atoms with van der Waals surface area (Å²) in [7, 11) is 0. The van der Waals surface area contributed by atoms with E-state index in [9.17, 15) is 0 Å². The molecule has 134 valence electrons. The molecular weight excluding hydrogens is 404 g/mol. The molecule has 1 heteroatoms. The topological polar surface area (TPSA) is 0 Å². The van der Waals surface area contributed by atoms with Gasteiger partial charge in [0.15, 0.2) is 0 Å². The van der Waals surface area contributed by atoms with E-state index in [0.717, 1.165) is 5.56 Å². The van der Waals surface area contributed by atoms with Gasteiger partial charge in [0.2, 0.25) is 0 Å². The van der Waals surface area contributed by atoms with Crippen LogP contribution in [0.3, 0.4) is 0 Å². The van der Waals surface area contributed by atoms with Gasteiger partial charge in [-0.15, -0.1) is 0 Å². The van der Waals surface area contributed by atoms with Gasteiger partial charge in [-0.05, 0) is 33.1 Å². The largest absolute Gasteiger partial charge is 0.0713 e. The standard InChI is InChI=1S/C27H19Br/c28-21-20-22-12-10-11-19-26(22)27(23-13-4-1-5-14-23,24-15-6-2-7-16-24)25-17-8-3-9-18-25/h1-19H. The summed E-state index contributed by atoms with van der Waals surface area (Å²) < 4.78 is 0. The molecule has 0 amide bonds. The van der Waals surface area contributed by atoms with Crippen LogP contribution < -0.4 is 0 Å². The normalized spacial score (nSPS) is 10.8. The lowest BCUT2D eigenvalue weighted by atomic mass is 9.64. The Morgan fingerprint density at radius 3 is 1.32 bits per heavy atom. The third kappa shape index (κ3) is 3.17. The second-order valence-corrected chi connectivity index (χ2v) is 7.01. The maximum atomic E-state index is 3.29. The molecule has 0 saturated heterocycles. The molecule has 0 N–H and O–H groups in total. The van der Waals surface area contributed by atoms with E-state index in [2.05, 4.69) is 136 Å². The zero-order chi connectivity index (χ0) is 19.2. The Morgan fingerprint density at radius 2 is 0.893 bits per heavy atom. The van der Waals surface area contributed by atoms with Gasteiger partial charge in [-0.3, -0.25) is 0 Å². The van der Waals surface area contributed by atoms with Crippen LogP contribution in [-0.2, 0) is 5.41 Å². The summed E-state index contributed by atoms with van der Waals surface area (Å²) in [5, 5.41) is 0. The SMILES string of the molecule is BrC#Cc1ccccc1C(c1ccccc1)(c1ccccc1)c1ccccc1. The highest BCUT2D eigenvalue weighted by Crippen LogP contribution is 2.46. The van der Waals surface area contributed by atoms with Gasteiger partial charge in [0.25, 0.3) is 0 Å². The molecule has 0 aromatic heterocycles. The van der Waals surface area contributed by atoms with Gasteiger partial charge >= 0.3 is 0 Å². The van der Waals surface area contributed by atoms with Crippen LogP contribution in [0.4, 0.5) is 0 Å². The van der Waals surface area contributed by atoms with Gasteiger partial charge in [0.05, 0.1) is 5.41 Å². The molecule has 0 atom stereocenters. The minimum absolute atomic E-state index is 0.461. The second-order valence-electron chi connectivity index (χ2n) is 6.61. The smallest absolute Gasteiger partial charge is 0.0622 e. The summed E-state index contributed by atoms with van der Waals surface area (Å²) in [6.07, 6.45) is 0. The first-order chi connectivity index (χ1) is 13.9. The lowest BCUT2D eigenvalue weighted by Gasteiger charge is -2.37. The van der Waals surface area contributed by atoms with E-state index >= 15 is 0 Å². The highest BCUT2D eigenvalue weighted by molar-refractivity contribution is 9.12. The van der Waals surface area contributed by atoms with Crippen LogP contribution in [0.2, 0.25) is 0 Å². The average molecular weight is 423 g/mol. The van der Waals surface area contributed by atoms with E-state index in [1.54, 1.807) is 0 Å². The summed E-state index contributed by atoms with van der Waals surface area (Å²) in [5.41, 5.74) is 5.38. The predicted octanol–water partition coefficient (Wildman–Crippen LogP) is 6.77. The van der Waals surface area contributed by atoms with Crippen LogP contribution in [0.1, 0.15) is 27.8 Å². The summed E-state index contributed by atoms with van der Waals surface area (Å²) in [6.45, 7) is 0. The minimum atomic E-state index is -0.461. The van der Waals surface area contributed by atoms with Crippen molar-refractivity contribution in [1.29, 1.82) is 0 Å². The Bertz CT molecular complexity index is 1010. The predicted molar refractivity (Wildman–Crippen MR) is 121 cm³/mol. The van der Waals surface area contributed by atoms with E-state index in [1.807, 2.05) is 6.07 Å². The number of rotatable bonds is 4. The van der Waals surface area contributed by atoms with E-state index in [-0.39, 0.29) is 0 Å². The van der Waals surface area contributed by atoms with E-state index < -0.39 is 5.41 Å². The van der Waals surface area contributed by atoms with Gasteiger partial charge in [0, 0.05) is 21.5 Å². The number of halogens is 1. The molecule has 0 spiro atoms. The third-order valence-electron chi connectivity index (χ3n) is 5.13. The maximum Gasteiger partial charge on any atom is 0.0713 e. The molecule has 4 rings (SSSR count). The summed E-state index contributed by atoms with van der Waals surface area (Å²) >= 11 is 3.29. The maximum absolute atomic E-state index is 3.29. The van der Waals surface area contributed by atoms with Crippen molar-refractivity contribution < 1.29 is 0 Å². The van der Waals surface area contributed by atoms with Gasteiger partial charge in [-0.25, -0.2) is 0 Å². The Balaban J connectivity index is 2.19. The number of hydrogen-bond acceptors (Lipinski definition) is 0. The number of benzene rings is 4. The molecule has 0 aliphatic heterocycles. The molecule has 0 fully saturated rings. The average Bonchev–Trinajstić information content (AvgIpc) is 2.78. The highest BCUT2D eigenvalue weighted by atomic mass is 79.9. The van der Waals surface area contributed by atoms with Crippen molar-refractivity contribution in [2.24, 2.45) is 0 Å².